The van der Waals surface area contributed by atoms with E-state index in [1.807, 2.05) is 36.4 Å². The highest BCUT2D eigenvalue weighted by molar-refractivity contribution is 9.10. The van der Waals surface area contributed by atoms with Crippen molar-refractivity contribution in [2.24, 2.45) is 5.92 Å². The maximum Gasteiger partial charge on any atom is 0.266 e. The maximum absolute atomic E-state index is 12.7. The number of benzene rings is 3. The average molecular weight is 512 g/mol. The number of rotatable bonds is 6. The lowest BCUT2D eigenvalue weighted by molar-refractivity contribution is -0.122. The third kappa shape index (κ3) is 5.20. The molecule has 3 nitrogen and oxygen atoms in total. The average Bonchev–Trinajstić information content (AvgIpc) is 3.00. The van der Waals surface area contributed by atoms with Crippen LogP contribution >= 0.6 is 39.9 Å². The van der Waals surface area contributed by atoms with Gasteiger partial charge in [-0.15, -0.1) is 0 Å². The molecule has 3 aromatic rings. The largest absolute Gasteiger partial charge is 0.488 e. The van der Waals surface area contributed by atoms with Gasteiger partial charge in [-0.3, -0.25) is 9.69 Å². The Morgan fingerprint density at radius 1 is 1.10 bits per heavy atom. The summed E-state index contributed by atoms with van der Waals surface area (Å²) in [6, 6.07) is 20.5. The fraction of sp³-hybridized carbons (Fsp3) is 0.200. The van der Waals surface area contributed by atoms with Gasteiger partial charge in [-0.2, -0.15) is 0 Å². The topological polar surface area (TPSA) is 29.5 Å². The van der Waals surface area contributed by atoms with Gasteiger partial charge < -0.3 is 4.74 Å². The van der Waals surface area contributed by atoms with Crippen LogP contribution in [-0.4, -0.2) is 21.7 Å². The van der Waals surface area contributed by atoms with E-state index in [0.29, 0.717) is 28.3 Å². The third-order valence-electron chi connectivity index (χ3n) is 4.88. The molecule has 0 bridgehead atoms. The van der Waals surface area contributed by atoms with E-state index < -0.39 is 0 Å². The zero-order valence-electron chi connectivity index (χ0n) is 17.3. The van der Waals surface area contributed by atoms with Crippen molar-refractivity contribution < 1.29 is 9.53 Å². The number of thiocarbonyl (C=S) groups is 1. The predicted octanol–water partition coefficient (Wildman–Crippen LogP) is 7.04. The molecule has 1 amide bonds. The van der Waals surface area contributed by atoms with E-state index in [4.69, 9.17) is 17.0 Å². The molecular weight excluding hydrogens is 490 g/mol. The number of thioether (sulfide) groups is 1. The Bertz CT molecular complexity index is 1190. The van der Waals surface area contributed by atoms with Crippen molar-refractivity contribution in [3.63, 3.8) is 0 Å². The monoisotopic (exact) mass is 511 g/mol. The Morgan fingerprint density at radius 2 is 1.87 bits per heavy atom. The Kier molecular flexibility index (Phi) is 6.80. The number of fused-ring (bicyclic) bond motifs is 1. The van der Waals surface area contributed by atoms with Gasteiger partial charge in [-0.25, -0.2) is 0 Å². The molecule has 0 aliphatic carbocycles. The number of carbonyl (C=O) groups is 1. The van der Waals surface area contributed by atoms with E-state index in [-0.39, 0.29) is 5.91 Å². The first kappa shape index (κ1) is 22.1. The van der Waals surface area contributed by atoms with Crippen molar-refractivity contribution in [3.8, 4) is 5.75 Å². The standard InChI is InChI=1S/C25H22BrNO2S2/c1-16(2)14-27-24(28)23(31-25(27)30)13-17-8-10-22(21(26)12-17)29-15-18-7-9-19-5-3-4-6-20(19)11-18/h3-13,16H,14-15H2,1-2H3/b23-13-. The van der Waals surface area contributed by atoms with E-state index >= 15 is 0 Å². The molecule has 3 aromatic carbocycles. The first-order chi connectivity index (χ1) is 14.9. The zero-order chi connectivity index (χ0) is 22.0. The lowest BCUT2D eigenvalue weighted by Crippen LogP contribution is -2.31. The quantitative estimate of drug-likeness (QED) is 0.262. The van der Waals surface area contributed by atoms with Gasteiger partial charge in [0, 0.05) is 6.54 Å². The zero-order valence-corrected chi connectivity index (χ0v) is 20.5. The molecule has 6 heteroatoms. The molecular formula is C25H22BrNO2S2. The molecule has 1 heterocycles. The second kappa shape index (κ2) is 9.55. The molecule has 0 aromatic heterocycles. The Hall–Kier alpha value is -2.15. The SMILES string of the molecule is CC(C)CN1C(=O)/C(=C/c2ccc(OCc3ccc4ccccc4c3)c(Br)c2)SC1=S. The fourth-order valence-corrected chi connectivity index (χ4v) is 5.17. The minimum Gasteiger partial charge on any atom is -0.488 e. The number of halogens is 1. The maximum atomic E-state index is 12.7. The lowest BCUT2D eigenvalue weighted by atomic mass is 10.1. The van der Waals surface area contributed by atoms with Gasteiger partial charge in [0.2, 0.25) is 0 Å². The fourth-order valence-electron chi connectivity index (χ4n) is 3.39. The van der Waals surface area contributed by atoms with Crippen molar-refractivity contribution in [1.29, 1.82) is 0 Å². The molecule has 1 aliphatic heterocycles. The molecule has 31 heavy (non-hydrogen) atoms. The summed E-state index contributed by atoms with van der Waals surface area (Å²) in [6.45, 7) is 5.29. The molecule has 158 valence electrons. The summed E-state index contributed by atoms with van der Waals surface area (Å²) < 4.78 is 7.50. The molecule has 0 N–H and O–H groups in total. The van der Waals surface area contributed by atoms with Crippen LogP contribution in [0.2, 0.25) is 0 Å². The van der Waals surface area contributed by atoms with Gasteiger partial charge in [0.25, 0.3) is 5.91 Å². The molecule has 0 atom stereocenters. The van der Waals surface area contributed by atoms with Crippen LogP contribution in [0.3, 0.4) is 0 Å². The van der Waals surface area contributed by atoms with Crippen molar-refractivity contribution in [3.05, 3.63) is 81.2 Å². The Morgan fingerprint density at radius 3 is 2.61 bits per heavy atom. The Labute approximate surface area is 200 Å². The predicted molar refractivity (Wildman–Crippen MR) is 137 cm³/mol. The molecule has 4 rings (SSSR count). The van der Waals surface area contributed by atoms with Crippen molar-refractivity contribution in [2.75, 3.05) is 6.54 Å². The molecule has 1 fully saturated rings. The molecule has 0 spiro atoms. The van der Waals surface area contributed by atoms with Crippen LogP contribution in [0.25, 0.3) is 16.8 Å². The summed E-state index contributed by atoms with van der Waals surface area (Å²) >= 11 is 10.3. The summed E-state index contributed by atoms with van der Waals surface area (Å²) in [5.41, 5.74) is 2.04. The van der Waals surface area contributed by atoms with Crippen molar-refractivity contribution in [2.45, 2.75) is 20.5 Å². The highest BCUT2D eigenvalue weighted by Crippen LogP contribution is 2.34. The van der Waals surface area contributed by atoms with Crippen LogP contribution in [0.1, 0.15) is 25.0 Å². The van der Waals surface area contributed by atoms with E-state index in [0.717, 1.165) is 21.3 Å². The normalized spacial score (nSPS) is 15.5. The van der Waals surface area contributed by atoms with Crippen LogP contribution in [0.15, 0.2) is 70.0 Å². The molecule has 0 unspecified atom stereocenters. The van der Waals surface area contributed by atoms with Gasteiger partial charge in [0.15, 0.2) is 0 Å². The molecule has 1 aliphatic rings. The summed E-state index contributed by atoms with van der Waals surface area (Å²) in [5, 5.41) is 2.42. The molecule has 0 saturated carbocycles. The number of hydrogen-bond donors (Lipinski definition) is 0. The first-order valence-electron chi connectivity index (χ1n) is 10.1. The van der Waals surface area contributed by atoms with Crippen LogP contribution < -0.4 is 4.74 Å². The highest BCUT2D eigenvalue weighted by atomic mass is 79.9. The minimum absolute atomic E-state index is 0.0172. The number of amides is 1. The van der Waals surface area contributed by atoms with Crippen LogP contribution in [0.5, 0.6) is 5.75 Å². The second-order valence-corrected chi connectivity index (χ2v) is 10.4. The number of nitrogens with zero attached hydrogens (tertiary/aromatic N) is 1. The summed E-state index contributed by atoms with van der Waals surface area (Å²) in [5.74, 6) is 1.11. The van der Waals surface area contributed by atoms with Crippen LogP contribution in [-0.2, 0) is 11.4 Å². The number of carbonyl (C=O) groups excluding carboxylic acids is 1. The van der Waals surface area contributed by atoms with Crippen molar-refractivity contribution >= 4 is 67.0 Å². The van der Waals surface area contributed by atoms with E-state index in [9.17, 15) is 4.79 Å². The summed E-state index contributed by atoms with van der Waals surface area (Å²) in [7, 11) is 0. The summed E-state index contributed by atoms with van der Waals surface area (Å²) in [4.78, 5) is 15.0. The Balaban J connectivity index is 1.46. The molecule has 1 saturated heterocycles. The highest BCUT2D eigenvalue weighted by Gasteiger charge is 2.32. The summed E-state index contributed by atoms with van der Waals surface area (Å²) in [6.07, 6.45) is 1.89. The second-order valence-electron chi connectivity index (χ2n) is 7.85. The van der Waals surface area contributed by atoms with Gasteiger partial charge in [-0.05, 0) is 68.0 Å². The molecule has 0 radical (unpaired) electrons. The smallest absolute Gasteiger partial charge is 0.266 e. The van der Waals surface area contributed by atoms with Gasteiger partial charge in [-0.1, -0.05) is 80.3 Å². The van der Waals surface area contributed by atoms with Gasteiger partial charge in [0.1, 0.15) is 16.7 Å². The van der Waals surface area contributed by atoms with E-state index in [2.05, 4.69) is 60.1 Å². The van der Waals surface area contributed by atoms with Crippen LogP contribution in [0, 0.1) is 5.92 Å². The van der Waals surface area contributed by atoms with E-state index in [1.165, 1.54) is 22.5 Å². The van der Waals surface area contributed by atoms with Gasteiger partial charge in [0.05, 0.1) is 9.38 Å². The van der Waals surface area contributed by atoms with Crippen molar-refractivity contribution in [1.82, 2.24) is 4.90 Å². The lowest BCUT2D eigenvalue weighted by Gasteiger charge is -2.16. The van der Waals surface area contributed by atoms with Crippen LogP contribution in [0.4, 0.5) is 0 Å². The third-order valence-corrected chi connectivity index (χ3v) is 6.88. The minimum atomic E-state index is -0.0172. The van der Waals surface area contributed by atoms with E-state index in [1.54, 1.807) is 4.90 Å². The number of hydrogen-bond acceptors (Lipinski definition) is 4. The first-order valence-corrected chi connectivity index (χ1v) is 12.1. The number of ether oxygens (including phenoxy) is 1. The van der Waals surface area contributed by atoms with Gasteiger partial charge >= 0.3 is 0 Å².